The predicted molar refractivity (Wildman–Crippen MR) is 83.4 cm³/mol. The van der Waals surface area contributed by atoms with Crippen LogP contribution in [0.25, 0.3) is 0 Å². The van der Waals surface area contributed by atoms with Gasteiger partial charge in [-0.25, -0.2) is 4.98 Å². The Hall–Kier alpha value is -1.04. The molecule has 0 saturated carbocycles. The van der Waals surface area contributed by atoms with Crippen LogP contribution in [0.4, 0.5) is 5.13 Å². The Morgan fingerprint density at radius 2 is 2.16 bits per heavy atom. The summed E-state index contributed by atoms with van der Waals surface area (Å²) in [5.41, 5.74) is 7.12. The molecule has 1 aromatic carbocycles. The molecule has 0 bridgehead atoms. The molecule has 2 heterocycles. The summed E-state index contributed by atoms with van der Waals surface area (Å²) in [5.74, 6) is 2.37. The first-order chi connectivity index (χ1) is 9.33. The Bertz CT molecular complexity index is 526. The molecule has 1 aliphatic rings. The second kappa shape index (κ2) is 5.94. The van der Waals surface area contributed by atoms with Crippen LogP contribution in [0.15, 0.2) is 36.5 Å². The Kier molecular flexibility index (Phi) is 4.06. The summed E-state index contributed by atoms with van der Waals surface area (Å²) in [6.07, 6.45) is 1.91. The highest BCUT2D eigenvalue weighted by molar-refractivity contribution is 7.99. The molecule has 1 fully saturated rings. The van der Waals surface area contributed by atoms with Gasteiger partial charge in [-0.15, -0.1) is 11.3 Å². The van der Waals surface area contributed by atoms with E-state index in [0.717, 1.165) is 18.8 Å². The van der Waals surface area contributed by atoms with Crippen LogP contribution in [0.5, 0.6) is 0 Å². The van der Waals surface area contributed by atoms with Crippen LogP contribution in [0.1, 0.15) is 16.5 Å². The maximum Gasteiger partial charge on any atom is 0.180 e. The van der Waals surface area contributed by atoms with Gasteiger partial charge < -0.3 is 5.73 Å². The van der Waals surface area contributed by atoms with E-state index in [1.54, 1.807) is 11.3 Å². The van der Waals surface area contributed by atoms with Crippen molar-refractivity contribution < 1.29 is 0 Å². The minimum atomic E-state index is 0.503. The largest absolute Gasteiger partial charge is 0.375 e. The first kappa shape index (κ1) is 13.0. The van der Waals surface area contributed by atoms with Crippen LogP contribution in [0, 0.1) is 0 Å². The first-order valence-electron chi connectivity index (χ1n) is 6.40. The minimum Gasteiger partial charge on any atom is -0.375 e. The van der Waals surface area contributed by atoms with Crippen molar-refractivity contribution in [3.05, 3.63) is 47.0 Å². The molecular weight excluding hydrogens is 274 g/mol. The normalized spacial score (nSPS) is 20.5. The molecule has 0 spiro atoms. The molecule has 2 aromatic rings. The van der Waals surface area contributed by atoms with Gasteiger partial charge in [0, 0.05) is 41.7 Å². The summed E-state index contributed by atoms with van der Waals surface area (Å²) in [6.45, 7) is 2.08. The van der Waals surface area contributed by atoms with E-state index in [0.29, 0.717) is 11.2 Å². The van der Waals surface area contributed by atoms with Gasteiger partial charge in [-0.2, -0.15) is 11.8 Å². The van der Waals surface area contributed by atoms with Gasteiger partial charge in [0.1, 0.15) is 0 Å². The lowest BCUT2D eigenvalue weighted by atomic mass is 10.1. The number of hydrogen-bond acceptors (Lipinski definition) is 5. The second-order valence-corrected chi connectivity index (χ2v) is 6.93. The quantitative estimate of drug-likeness (QED) is 0.944. The lowest BCUT2D eigenvalue weighted by Crippen LogP contribution is -2.35. The van der Waals surface area contributed by atoms with Crippen molar-refractivity contribution in [3.63, 3.8) is 0 Å². The van der Waals surface area contributed by atoms with E-state index in [4.69, 9.17) is 5.73 Å². The van der Waals surface area contributed by atoms with Gasteiger partial charge in [0.2, 0.25) is 0 Å². The first-order valence-corrected chi connectivity index (χ1v) is 8.37. The monoisotopic (exact) mass is 291 g/mol. The number of benzene rings is 1. The SMILES string of the molecule is Nc1ncc(CN2CCSCC2c2ccccc2)s1. The highest BCUT2D eigenvalue weighted by Crippen LogP contribution is 2.31. The van der Waals surface area contributed by atoms with E-state index in [2.05, 4.69) is 40.2 Å². The third-order valence-corrected chi connectivity index (χ3v) is 5.19. The molecular formula is C14H17N3S2. The van der Waals surface area contributed by atoms with E-state index in [1.807, 2.05) is 18.0 Å². The van der Waals surface area contributed by atoms with Crippen molar-refractivity contribution in [1.82, 2.24) is 9.88 Å². The van der Waals surface area contributed by atoms with Gasteiger partial charge in [0.15, 0.2) is 5.13 Å². The highest BCUT2D eigenvalue weighted by atomic mass is 32.2. The van der Waals surface area contributed by atoms with Crippen molar-refractivity contribution in [1.29, 1.82) is 0 Å². The molecule has 1 aliphatic heterocycles. The fourth-order valence-corrected chi connectivity index (χ4v) is 4.27. The molecule has 0 radical (unpaired) electrons. The van der Waals surface area contributed by atoms with E-state index in [9.17, 15) is 0 Å². The molecule has 1 unspecified atom stereocenters. The van der Waals surface area contributed by atoms with E-state index >= 15 is 0 Å². The summed E-state index contributed by atoms with van der Waals surface area (Å²) < 4.78 is 0. The zero-order chi connectivity index (χ0) is 13.1. The molecule has 1 atom stereocenters. The number of nitrogens with two attached hydrogens (primary N) is 1. The smallest absolute Gasteiger partial charge is 0.180 e. The van der Waals surface area contributed by atoms with Gasteiger partial charge in [0.05, 0.1) is 0 Å². The van der Waals surface area contributed by atoms with Crippen molar-refractivity contribution in [2.45, 2.75) is 12.6 Å². The van der Waals surface area contributed by atoms with Gasteiger partial charge >= 0.3 is 0 Å². The third-order valence-electron chi connectivity index (χ3n) is 3.35. The van der Waals surface area contributed by atoms with Crippen LogP contribution in [0.3, 0.4) is 0 Å². The van der Waals surface area contributed by atoms with Crippen molar-refractivity contribution >= 4 is 28.2 Å². The van der Waals surface area contributed by atoms with Crippen molar-refractivity contribution in [2.75, 3.05) is 23.8 Å². The van der Waals surface area contributed by atoms with E-state index < -0.39 is 0 Å². The number of nitrogen functional groups attached to an aromatic ring is 1. The van der Waals surface area contributed by atoms with Crippen LogP contribution in [-0.4, -0.2) is 27.9 Å². The zero-order valence-electron chi connectivity index (χ0n) is 10.7. The molecule has 1 saturated heterocycles. The van der Waals surface area contributed by atoms with Crippen LogP contribution >= 0.6 is 23.1 Å². The standard InChI is InChI=1S/C14H17N3S2/c15-14-16-8-12(19-14)9-17-6-7-18-10-13(17)11-4-2-1-3-5-11/h1-5,8,13H,6-7,9-10H2,(H2,15,16). The Morgan fingerprint density at radius 1 is 1.32 bits per heavy atom. The number of aromatic nitrogens is 1. The zero-order valence-corrected chi connectivity index (χ0v) is 12.3. The van der Waals surface area contributed by atoms with Gasteiger partial charge in [-0.3, -0.25) is 4.90 Å². The number of thioether (sulfide) groups is 1. The van der Waals surface area contributed by atoms with Crippen molar-refractivity contribution in [3.8, 4) is 0 Å². The van der Waals surface area contributed by atoms with E-state index in [-0.39, 0.29) is 0 Å². The van der Waals surface area contributed by atoms with Gasteiger partial charge in [-0.05, 0) is 5.56 Å². The Morgan fingerprint density at radius 3 is 2.89 bits per heavy atom. The molecule has 100 valence electrons. The Balaban J connectivity index is 1.77. The van der Waals surface area contributed by atoms with Crippen molar-refractivity contribution in [2.24, 2.45) is 0 Å². The number of anilines is 1. The van der Waals surface area contributed by atoms with E-state index in [1.165, 1.54) is 16.2 Å². The van der Waals surface area contributed by atoms with Gasteiger partial charge in [-0.1, -0.05) is 30.3 Å². The number of rotatable bonds is 3. The highest BCUT2D eigenvalue weighted by Gasteiger charge is 2.24. The van der Waals surface area contributed by atoms with Crippen LogP contribution < -0.4 is 5.73 Å². The predicted octanol–water partition coefficient (Wildman–Crippen LogP) is 3.02. The maximum atomic E-state index is 5.71. The number of nitrogens with zero attached hydrogens (tertiary/aromatic N) is 2. The van der Waals surface area contributed by atoms with Crippen LogP contribution in [-0.2, 0) is 6.54 Å². The average Bonchev–Trinajstić information content (AvgIpc) is 2.86. The summed E-state index contributed by atoms with van der Waals surface area (Å²) in [5, 5.41) is 0.664. The molecule has 3 nitrogen and oxygen atoms in total. The lowest BCUT2D eigenvalue weighted by Gasteiger charge is -2.35. The topological polar surface area (TPSA) is 42.1 Å². The fraction of sp³-hybridized carbons (Fsp3) is 0.357. The van der Waals surface area contributed by atoms with Crippen LogP contribution in [0.2, 0.25) is 0 Å². The minimum absolute atomic E-state index is 0.503. The summed E-state index contributed by atoms with van der Waals surface area (Å²) in [7, 11) is 0. The summed E-state index contributed by atoms with van der Waals surface area (Å²) >= 11 is 3.64. The Labute approximate surface area is 121 Å². The molecule has 3 rings (SSSR count). The fourth-order valence-electron chi connectivity index (χ4n) is 2.41. The molecule has 5 heteroatoms. The number of thiazole rings is 1. The lowest BCUT2D eigenvalue weighted by molar-refractivity contribution is 0.214. The average molecular weight is 291 g/mol. The van der Waals surface area contributed by atoms with Gasteiger partial charge in [0.25, 0.3) is 0 Å². The maximum absolute atomic E-state index is 5.71. The molecule has 0 aliphatic carbocycles. The molecule has 0 amide bonds. The molecule has 2 N–H and O–H groups in total. The second-order valence-electron chi connectivity index (χ2n) is 4.64. The third kappa shape index (κ3) is 3.11. The molecule has 19 heavy (non-hydrogen) atoms. The summed E-state index contributed by atoms with van der Waals surface area (Å²) in [6, 6.07) is 11.3. The number of hydrogen-bond donors (Lipinski definition) is 1. The molecule has 1 aromatic heterocycles. The summed E-state index contributed by atoms with van der Waals surface area (Å²) in [4.78, 5) is 7.94.